The van der Waals surface area contributed by atoms with Crippen LogP contribution in [0.4, 0.5) is 0 Å². The minimum atomic E-state index is -0.297. The molecule has 0 amide bonds. The summed E-state index contributed by atoms with van der Waals surface area (Å²) in [5.41, 5.74) is 4.04. The maximum absolute atomic E-state index is 12.4. The second-order valence-electron chi connectivity index (χ2n) is 15.5. The summed E-state index contributed by atoms with van der Waals surface area (Å²) in [6, 6.07) is 7.68. The fourth-order valence-corrected chi connectivity index (χ4v) is 5.55. The lowest BCUT2D eigenvalue weighted by Crippen LogP contribution is -2.18. The van der Waals surface area contributed by atoms with Gasteiger partial charge >= 0.3 is 11.9 Å². The van der Waals surface area contributed by atoms with Crippen molar-refractivity contribution in [2.45, 2.75) is 131 Å². The number of hydrogen-bond donors (Lipinski definition) is 2. The minimum absolute atomic E-state index is 0.146. The lowest BCUT2D eigenvalue weighted by atomic mass is 9.78. The summed E-state index contributed by atoms with van der Waals surface area (Å²) in [5, 5.41) is 21.8. The molecule has 0 atom stereocenters. The van der Waals surface area contributed by atoms with E-state index in [1.54, 1.807) is 0 Å². The normalized spacial score (nSPS) is 12.7. The van der Waals surface area contributed by atoms with Crippen molar-refractivity contribution < 1.29 is 29.3 Å². The Labute approximate surface area is 264 Å². The summed E-state index contributed by atoms with van der Waals surface area (Å²) in [6.45, 7) is 24.9. The highest BCUT2D eigenvalue weighted by Crippen LogP contribution is 2.41. The molecule has 0 saturated carbocycles. The summed E-state index contributed by atoms with van der Waals surface area (Å²) in [4.78, 5) is 24.9. The predicted molar refractivity (Wildman–Crippen MR) is 177 cm³/mol. The SMILES string of the molecule is CC(C)(C)c1cc(COC(=O)CCSCCC(=O)OCc2cc(C(C)(C)C)c(O)c(C(C)(C)C)c2)cc(C(C)(C)C)c1O. The summed E-state index contributed by atoms with van der Waals surface area (Å²) >= 11 is 1.51. The molecule has 2 aromatic rings. The molecular weight excluding hydrogens is 560 g/mol. The van der Waals surface area contributed by atoms with E-state index in [4.69, 9.17) is 9.47 Å². The van der Waals surface area contributed by atoms with Gasteiger partial charge in [-0.05, 0) is 79.3 Å². The van der Waals surface area contributed by atoms with Crippen LogP contribution in [0.5, 0.6) is 11.5 Å². The third-order valence-corrected chi connectivity index (χ3v) is 8.26. The molecule has 7 heteroatoms. The summed E-state index contributed by atoms with van der Waals surface area (Å²) in [5.74, 6) is 1.10. The van der Waals surface area contributed by atoms with E-state index in [1.807, 2.05) is 24.3 Å². The van der Waals surface area contributed by atoms with E-state index in [0.29, 0.717) is 23.0 Å². The van der Waals surface area contributed by atoms with Gasteiger partial charge in [0.2, 0.25) is 0 Å². The zero-order valence-electron chi connectivity index (χ0n) is 28.5. The number of phenolic OH excluding ortho intramolecular Hbond substituents is 2. The van der Waals surface area contributed by atoms with Crippen LogP contribution in [0.25, 0.3) is 0 Å². The second-order valence-corrected chi connectivity index (χ2v) is 16.7. The lowest BCUT2D eigenvalue weighted by Gasteiger charge is -2.28. The predicted octanol–water partition coefficient (Wildman–Crippen LogP) is 8.59. The Morgan fingerprint density at radius 3 is 1.05 bits per heavy atom. The molecule has 0 aliphatic heterocycles. The van der Waals surface area contributed by atoms with Crippen LogP contribution in [0, 0.1) is 0 Å². The number of carbonyl (C=O) groups excluding carboxylic acids is 2. The first-order valence-electron chi connectivity index (χ1n) is 15.1. The highest BCUT2D eigenvalue weighted by molar-refractivity contribution is 7.99. The summed E-state index contributed by atoms with van der Waals surface area (Å²) in [6.07, 6.45) is 0.490. The number of hydrogen-bond acceptors (Lipinski definition) is 7. The molecule has 2 rings (SSSR count). The number of rotatable bonds is 10. The van der Waals surface area contributed by atoms with E-state index in [1.165, 1.54) is 11.8 Å². The highest BCUT2D eigenvalue weighted by Gasteiger charge is 2.28. The van der Waals surface area contributed by atoms with Gasteiger partial charge in [-0.1, -0.05) is 83.1 Å². The van der Waals surface area contributed by atoms with Crippen LogP contribution in [-0.4, -0.2) is 33.7 Å². The Bertz CT molecular complexity index is 1110. The quantitative estimate of drug-likeness (QED) is 0.204. The Morgan fingerprint density at radius 2 is 0.814 bits per heavy atom. The number of thioether (sulfide) groups is 1. The van der Waals surface area contributed by atoms with E-state index in [2.05, 4.69) is 83.1 Å². The molecule has 43 heavy (non-hydrogen) atoms. The Hall–Kier alpha value is -2.67. The number of benzene rings is 2. The second kappa shape index (κ2) is 14.0. The summed E-state index contributed by atoms with van der Waals surface area (Å²) < 4.78 is 11.1. The maximum atomic E-state index is 12.4. The van der Waals surface area contributed by atoms with E-state index in [0.717, 1.165) is 33.4 Å². The first-order valence-corrected chi connectivity index (χ1v) is 16.3. The van der Waals surface area contributed by atoms with Crippen molar-refractivity contribution in [1.29, 1.82) is 0 Å². The van der Waals surface area contributed by atoms with E-state index < -0.39 is 0 Å². The first kappa shape index (κ1) is 36.5. The Balaban J connectivity index is 1.85. The first-order chi connectivity index (χ1) is 19.5. The number of ether oxygens (including phenoxy) is 2. The fourth-order valence-electron chi connectivity index (χ4n) is 4.73. The highest BCUT2D eigenvalue weighted by atomic mass is 32.2. The number of carbonyl (C=O) groups is 2. The van der Waals surface area contributed by atoms with Crippen molar-refractivity contribution in [1.82, 2.24) is 0 Å². The monoisotopic (exact) mass is 614 g/mol. The van der Waals surface area contributed by atoms with Crippen molar-refractivity contribution >= 4 is 23.7 Å². The number of esters is 2. The van der Waals surface area contributed by atoms with Crippen molar-refractivity contribution in [2.75, 3.05) is 11.5 Å². The zero-order chi connectivity index (χ0) is 33.0. The molecule has 0 saturated heterocycles. The van der Waals surface area contributed by atoms with E-state index in [-0.39, 0.29) is 59.7 Å². The molecule has 6 nitrogen and oxygen atoms in total. The van der Waals surface area contributed by atoms with Gasteiger partial charge in [0.1, 0.15) is 24.7 Å². The van der Waals surface area contributed by atoms with E-state index in [9.17, 15) is 19.8 Å². The summed E-state index contributed by atoms with van der Waals surface area (Å²) in [7, 11) is 0. The van der Waals surface area contributed by atoms with Crippen LogP contribution >= 0.6 is 11.8 Å². The fraction of sp³-hybridized carbons (Fsp3) is 0.611. The van der Waals surface area contributed by atoms with Gasteiger partial charge < -0.3 is 19.7 Å². The molecule has 2 N–H and O–H groups in total. The van der Waals surface area contributed by atoms with Gasteiger partial charge in [-0.15, -0.1) is 0 Å². The molecule has 0 aliphatic carbocycles. The molecule has 2 aromatic carbocycles. The van der Waals surface area contributed by atoms with Crippen molar-refractivity contribution in [2.24, 2.45) is 0 Å². The third-order valence-electron chi connectivity index (χ3n) is 7.27. The molecule has 0 fully saturated rings. The molecule has 0 bridgehead atoms. The Morgan fingerprint density at radius 1 is 0.558 bits per heavy atom. The minimum Gasteiger partial charge on any atom is -0.507 e. The molecular formula is C36H54O6S. The van der Waals surface area contributed by atoms with Gasteiger partial charge in [-0.2, -0.15) is 11.8 Å². The molecule has 0 radical (unpaired) electrons. The van der Waals surface area contributed by atoms with Gasteiger partial charge in [-0.25, -0.2) is 0 Å². The van der Waals surface area contributed by atoms with Gasteiger partial charge in [0, 0.05) is 11.5 Å². The topological polar surface area (TPSA) is 93.1 Å². The molecule has 240 valence electrons. The number of aromatic hydroxyl groups is 2. The number of phenols is 2. The van der Waals surface area contributed by atoms with Crippen LogP contribution in [0.15, 0.2) is 24.3 Å². The Kier molecular flexibility index (Phi) is 11.9. The molecule has 0 aliphatic rings. The van der Waals surface area contributed by atoms with E-state index >= 15 is 0 Å². The molecule has 0 unspecified atom stereocenters. The lowest BCUT2D eigenvalue weighted by molar-refractivity contribution is -0.145. The van der Waals surface area contributed by atoms with Gasteiger partial charge in [0.05, 0.1) is 12.8 Å². The standard InChI is InChI=1S/C36H54O6S/c1-33(2,3)25-17-23(18-26(31(25)39)34(4,5)6)21-41-29(37)13-15-43-16-14-30(38)42-22-24-19-27(35(7,8)9)32(40)28(20-24)36(10,11)12/h17-20,39-40H,13-16,21-22H2,1-12H3. The zero-order valence-corrected chi connectivity index (χ0v) is 29.3. The van der Waals surface area contributed by atoms with Crippen molar-refractivity contribution in [3.63, 3.8) is 0 Å². The largest absolute Gasteiger partial charge is 0.507 e. The van der Waals surface area contributed by atoms with Crippen molar-refractivity contribution in [3.05, 3.63) is 57.6 Å². The maximum Gasteiger partial charge on any atom is 0.306 e. The molecule has 0 spiro atoms. The van der Waals surface area contributed by atoms with Crippen LogP contribution in [0.3, 0.4) is 0 Å². The average molecular weight is 615 g/mol. The van der Waals surface area contributed by atoms with Gasteiger partial charge in [0.25, 0.3) is 0 Å². The average Bonchev–Trinajstić information content (AvgIpc) is 2.84. The third kappa shape index (κ3) is 10.8. The van der Waals surface area contributed by atoms with Crippen molar-refractivity contribution in [3.8, 4) is 11.5 Å². The van der Waals surface area contributed by atoms with Crippen LogP contribution in [-0.2, 0) is 53.9 Å². The van der Waals surface area contributed by atoms with Gasteiger partial charge in [-0.3, -0.25) is 9.59 Å². The smallest absolute Gasteiger partial charge is 0.306 e. The van der Waals surface area contributed by atoms with Crippen LogP contribution < -0.4 is 0 Å². The molecule has 0 aromatic heterocycles. The van der Waals surface area contributed by atoms with Crippen LogP contribution in [0.1, 0.15) is 129 Å². The molecule has 0 heterocycles. The van der Waals surface area contributed by atoms with Gasteiger partial charge in [0.15, 0.2) is 0 Å². The van der Waals surface area contributed by atoms with Crippen LogP contribution in [0.2, 0.25) is 0 Å².